The van der Waals surface area contributed by atoms with Gasteiger partial charge in [0.25, 0.3) is 0 Å². The lowest BCUT2D eigenvalue weighted by atomic mass is 9.67. The largest absolute Gasteiger partial charge is 0.481 e. The van der Waals surface area contributed by atoms with Crippen LogP contribution >= 0.6 is 11.6 Å². The van der Waals surface area contributed by atoms with Crippen LogP contribution in [0.4, 0.5) is 0 Å². The lowest BCUT2D eigenvalue weighted by molar-refractivity contribution is -0.151. The molecule has 1 N–H and O–H groups in total. The highest BCUT2D eigenvalue weighted by molar-refractivity contribution is 6.29. The van der Waals surface area contributed by atoms with Crippen LogP contribution in [0.25, 0.3) is 0 Å². The first-order chi connectivity index (χ1) is 10.1. The van der Waals surface area contributed by atoms with Crippen LogP contribution in [0, 0.1) is 11.3 Å². The Labute approximate surface area is 131 Å². The summed E-state index contributed by atoms with van der Waals surface area (Å²) in [7, 11) is 0. The number of hydrogen-bond acceptors (Lipinski definition) is 2. The van der Waals surface area contributed by atoms with Crippen molar-refractivity contribution in [2.75, 3.05) is 0 Å². The fraction of sp³-hybridized carbons (Fsp3) is 0.647. The zero-order valence-corrected chi connectivity index (χ0v) is 13.4. The average Bonchev–Trinajstić information content (AvgIpc) is 2.46. The molecule has 4 heteroatoms. The van der Waals surface area contributed by atoms with Gasteiger partial charge in [0.15, 0.2) is 0 Å². The standard InChI is InChI=1S/C17H24ClNO2/c1-2-3-4-13-5-8-17(9-6-13,16(20)21)12-14-7-10-19-15(18)11-14/h7,10-11,13H,2-6,8-9,12H2,1H3,(H,20,21). The van der Waals surface area contributed by atoms with Crippen molar-refractivity contribution < 1.29 is 9.90 Å². The van der Waals surface area contributed by atoms with Gasteiger partial charge in [-0.2, -0.15) is 0 Å². The van der Waals surface area contributed by atoms with E-state index in [-0.39, 0.29) is 0 Å². The van der Waals surface area contributed by atoms with Gasteiger partial charge in [-0.05, 0) is 55.7 Å². The van der Waals surface area contributed by atoms with Crippen molar-refractivity contribution in [2.45, 2.75) is 58.3 Å². The maximum Gasteiger partial charge on any atom is 0.309 e. The Morgan fingerprint density at radius 1 is 1.48 bits per heavy atom. The van der Waals surface area contributed by atoms with E-state index in [4.69, 9.17) is 11.6 Å². The lowest BCUT2D eigenvalue weighted by Gasteiger charge is -2.37. The number of aliphatic carboxylic acids is 1. The van der Waals surface area contributed by atoms with Crippen molar-refractivity contribution in [3.05, 3.63) is 29.0 Å². The van der Waals surface area contributed by atoms with Crippen molar-refractivity contribution in [3.8, 4) is 0 Å². The van der Waals surface area contributed by atoms with Gasteiger partial charge < -0.3 is 5.11 Å². The monoisotopic (exact) mass is 309 g/mol. The van der Waals surface area contributed by atoms with Crippen molar-refractivity contribution in [1.29, 1.82) is 0 Å². The summed E-state index contributed by atoms with van der Waals surface area (Å²) in [5.74, 6) is 0.0443. The minimum atomic E-state index is -0.663. The summed E-state index contributed by atoms with van der Waals surface area (Å²) in [5.41, 5.74) is 0.359. The minimum absolute atomic E-state index is 0.435. The highest BCUT2D eigenvalue weighted by Crippen LogP contribution is 2.43. The molecule has 1 heterocycles. The molecular weight excluding hydrogens is 286 g/mol. The topological polar surface area (TPSA) is 50.2 Å². The maximum atomic E-state index is 11.8. The van der Waals surface area contributed by atoms with Gasteiger partial charge >= 0.3 is 5.97 Å². The summed E-state index contributed by atoms with van der Waals surface area (Å²) in [6, 6.07) is 3.66. The zero-order chi connectivity index (χ0) is 15.3. The van der Waals surface area contributed by atoms with E-state index in [0.717, 1.165) is 31.2 Å². The van der Waals surface area contributed by atoms with Gasteiger partial charge in [-0.3, -0.25) is 4.79 Å². The Balaban J connectivity index is 2.04. The number of pyridine rings is 1. The highest BCUT2D eigenvalue weighted by atomic mass is 35.5. The van der Waals surface area contributed by atoms with E-state index < -0.39 is 11.4 Å². The third kappa shape index (κ3) is 4.19. The van der Waals surface area contributed by atoms with E-state index in [2.05, 4.69) is 11.9 Å². The number of rotatable bonds is 6. The van der Waals surface area contributed by atoms with Gasteiger partial charge in [0, 0.05) is 6.20 Å². The highest BCUT2D eigenvalue weighted by Gasteiger charge is 2.41. The molecule has 0 aromatic carbocycles. The zero-order valence-electron chi connectivity index (χ0n) is 12.6. The van der Waals surface area contributed by atoms with E-state index in [9.17, 15) is 9.90 Å². The number of halogens is 1. The van der Waals surface area contributed by atoms with Gasteiger partial charge in [0.05, 0.1) is 5.41 Å². The molecule has 0 aliphatic heterocycles. The molecule has 0 spiro atoms. The molecule has 0 radical (unpaired) electrons. The van der Waals surface area contributed by atoms with Crippen LogP contribution < -0.4 is 0 Å². The molecule has 21 heavy (non-hydrogen) atoms. The minimum Gasteiger partial charge on any atom is -0.481 e. The first kappa shape index (κ1) is 16.3. The third-order valence-electron chi connectivity index (χ3n) is 4.82. The van der Waals surface area contributed by atoms with E-state index in [0.29, 0.717) is 17.5 Å². The van der Waals surface area contributed by atoms with Crippen molar-refractivity contribution >= 4 is 17.6 Å². The summed E-state index contributed by atoms with van der Waals surface area (Å²) in [6.45, 7) is 2.21. The summed E-state index contributed by atoms with van der Waals surface area (Å²) < 4.78 is 0. The maximum absolute atomic E-state index is 11.8. The number of carbonyl (C=O) groups is 1. The normalized spacial score (nSPS) is 25.7. The number of carboxylic acids is 1. The Kier molecular flexibility index (Phi) is 5.63. The molecule has 1 saturated carbocycles. The van der Waals surface area contributed by atoms with Crippen LogP contribution in [0.5, 0.6) is 0 Å². The molecule has 1 aromatic rings. The molecule has 0 saturated heterocycles. The molecular formula is C17H24ClNO2. The second-order valence-corrected chi connectivity index (χ2v) is 6.72. The van der Waals surface area contributed by atoms with Gasteiger partial charge in [-0.15, -0.1) is 0 Å². The van der Waals surface area contributed by atoms with Crippen LogP contribution in [0.1, 0.15) is 57.4 Å². The summed E-state index contributed by atoms with van der Waals surface area (Å²) in [6.07, 6.45) is 9.54. The molecule has 0 amide bonds. The fourth-order valence-corrected chi connectivity index (χ4v) is 3.62. The Hall–Kier alpha value is -1.09. The lowest BCUT2D eigenvalue weighted by Crippen LogP contribution is -2.37. The van der Waals surface area contributed by atoms with Crippen LogP contribution in [-0.4, -0.2) is 16.1 Å². The predicted octanol–water partition coefficient (Wildman–Crippen LogP) is 4.73. The molecule has 0 unspecified atom stereocenters. The summed E-state index contributed by atoms with van der Waals surface area (Å²) in [5, 5.41) is 10.2. The van der Waals surface area contributed by atoms with Crippen LogP contribution in [0.3, 0.4) is 0 Å². The fourth-order valence-electron chi connectivity index (χ4n) is 3.42. The second-order valence-electron chi connectivity index (χ2n) is 6.33. The van der Waals surface area contributed by atoms with Gasteiger partial charge in [0.1, 0.15) is 5.15 Å². The Bertz CT molecular complexity index is 481. The van der Waals surface area contributed by atoms with Crippen molar-refractivity contribution in [2.24, 2.45) is 11.3 Å². The molecule has 1 aliphatic carbocycles. The molecule has 3 nitrogen and oxygen atoms in total. The smallest absolute Gasteiger partial charge is 0.309 e. The van der Waals surface area contributed by atoms with Crippen molar-refractivity contribution in [1.82, 2.24) is 4.98 Å². The number of aromatic nitrogens is 1. The Morgan fingerprint density at radius 3 is 2.76 bits per heavy atom. The molecule has 1 aliphatic rings. The van der Waals surface area contributed by atoms with Crippen molar-refractivity contribution in [3.63, 3.8) is 0 Å². The first-order valence-corrected chi connectivity index (χ1v) is 8.27. The van der Waals surface area contributed by atoms with E-state index in [1.165, 1.54) is 19.3 Å². The molecule has 0 atom stereocenters. The third-order valence-corrected chi connectivity index (χ3v) is 5.02. The summed E-state index contributed by atoms with van der Waals surface area (Å²) >= 11 is 5.91. The van der Waals surface area contributed by atoms with Crippen LogP contribution in [-0.2, 0) is 11.2 Å². The number of hydrogen-bond donors (Lipinski definition) is 1. The van der Waals surface area contributed by atoms with E-state index in [1.807, 2.05) is 6.07 Å². The number of unbranched alkanes of at least 4 members (excludes halogenated alkanes) is 1. The SMILES string of the molecule is CCCCC1CCC(Cc2ccnc(Cl)c2)(C(=O)O)CC1. The summed E-state index contributed by atoms with van der Waals surface area (Å²) in [4.78, 5) is 15.8. The molecule has 0 bridgehead atoms. The first-order valence-electron chi connectivity index (χ1n) is 7.89. The van der Waals surface area contributed by atoms with Gasteiger partial charge in [0.2, 0.25) is 0 Å². The predicted molar refractivity (Wildman–Crippen MR) is 84.5 cm³/mol. The van der Waals surface area contributed by atoms with Crippen LogP contribution in [0.2, 0.25) is 5.15 Å². The van der Waals surface area contributed by atoms with Crippen LogP contribution in [0.15, 0.2) is 18.3 Å². The molecule has 1 fully saturated rings. The van der Waals surface area contributed by atoms with E-state index in [1.54, 1.807) is 12.3 Å². The van der Waals surface area contributed by atoms with Gasteiger partial charge in [-0.1, -0.05) is 37.8 Å². The second kappa shape index (κ2) is 7.26. The number of carboxylic acid groups (broad SMARTS) is 1. The quantitative estimate of drug-likeness (QED) is 0.773. The number of nitrogens with zero attached hydrogens (tertiary/aromatic N) is 1. The van der Waals surface area contributed by atoms with Gasteiger partial charge in [-0.25, -0.2) is 4.98 Å². The average molecular weight is 310 g/mol. The molecule has 2 rings (SSSR count). The molecule has 1 aromatic heterocycles. The molecule has 116 valence electrons. The Morgan fingerprint density at radius 2 is 2.19 bits per heavy atom. The van der Waals surface area contributed by atoms with E-state index >= 15 is 0 Å².